The van der Waals surface area contributed by atoms with Crippen molar-refractivity contribution in [3.05, 3.63) is 17.5 Å². The van der Waals surface area contributed by atoms with Crippen molar-refractivity contribution >= 4 is 5.97 Å². The minimum absolute atomic E-state index is 0.0555. The van der Waals surface area contributed by atoms with Gasteiger partial charge in [-0.15, -0.1) is 0 Å². The average molecular weight is 194 g/mol. The lowest BCUT2D eigenvalue weighted by Crippen LogP contribution is -2.29. The van der Waals surface area contributed by atoms with Crippen molar-refractivity contribution in [3.63, 3.8) is 0 Å². The van der Waals surface area contributed by atoms with Crippen molar-refractivity contribution in [1.82, 2.24) is 10.2 Å². The number of carboxylic acid groups (broad SMARTS) is 1. The van der Waals surface area contributed by atoms with Crippen LogP contribution in [0.4, 0.5) is 0 Å². The molecule has 0 spiro atoms. The number of aromatic nitrogens is 2. The van der Waals surface area contributed by atoms with Crippen LogP contribution >= 0.6 is 0 Å². The van der Waals surface area contributed by atoms with Gasteiger partial charge in [0.2, 0.25) is 0 Å². The van der Waals surface area contributed by atoms with Crippen molar-refractivity contribution in [1.29, 1.82) is 0 Å². The van der Waals surface area contributed by atoms with Gasteiger partial charge in [-0.1, -0.05) is 13.8 Å². The second kappa shape index (κ2) is 2.83. The van der Waals surface area contributed by atoms with Gasteiger partial charge in [-0.3, -0.25) is 9.89 Å². The van der Waals surface area contributed by atoms with Crippen LogP contribution in [0.1, 0.15) is 37.4 Å². The molecule has 0 fully saturated rings. The number of H-pyrrole nitrogens is 1. The van der Waals surface area contributed by atoms with E-state index in [-0.39, 0.29) is 5.41 Å². The van der Waals surface area contributed by atoms with Gasteiger partial charge in [-0.2, -0.15) is 5.10 Å². The van der Waals surface area contributed by atoms with Crippen molar-refractivity contribution in [2.45, 2.75) is 32.6 Å². The monoisotopic (exact) mass is 194 g/mol. The summed E-state index contributed by atoms with van der Waals surface area (Å²) in [4.78, 5) is 11.1. The van der Waals surface area contributed by atoms with Crippen LogP contribution in [0.5, 0.6) is 0 Å². The Kier molecular flexibility index (Phi) is 1.87. The molecule has 4 nitrogen and oxygen atoms in total. The maximum absolute atomic E-state index is 11.1. The van der Waals surface area contributed by atoms with E-state index in [0.29, 0.717) is 6.42 Å². The van der Waals surface area contributed by atoms with E-state index < -0.39 is 11.9 Å². The molecule has 1 aromatic rings. The highest BCUT2D eigenvalue weighted by Crippen LogP contribution is 2.40. The number of carbonyl (C=O) groups is 1. The number of fused-ring (bicyclic) bond motifs is 1. The standard InChI is InChI=1S/C10H14N2O2/c1-10(2)3-6-5-11-12-8(6)7(4-10)9(13)14/h5,7H,3-4H2,1-2H3,(H,11,12)(H,13,14). The van der Waals surface area contributed by atoms with Crippen LogP contribution < -0.4 is 0 Å². The van der Waals surface area contributed by atoms with Gasteiger partial charge in [-0.25, -0.2) is 0 Å². The quantitative estimate of drug-likeness (QED) is 0.712. The van der Waals surface area contributed by atoms with E-state index in [0.717, 1.165) is 17.7 Å². The molecular weight excluding hydrogens is 180 g/mol. The van der Waals surface area contributed by atoms with Crippen LogP contribution in [0, 0.1) is 5.41 Å². The molecule has 1 heterocycles. The fraction of sp³-hybridized carbons (Fsp3) is 0.600. The van der Waals surface area contributed by atoms with Crippen molar-refractivity contribution < 1.29 is 9.90 Å². The Morgan fingerprint density at radius 3 is 3.07 bits per heavy atom. The number of nitrogens with one attached hydrogen (secondary N) is 1. The van der Waals surface area contributed by atoms with Gasteiger partial charge in [-0.05, 0) is 23.8 Å². The van der Waals surface area contributed by atoms with Gasteiger partial charge >= 0.3 is 5.97 Å². The first-order valence-corrected chi connectivity index (χ1v) is 4.74. The van der Waals surface area contributed by atoms with E-state index in [9.17, 15) is 4.79 Å². The largest absolute Gasteiger partial charge is 0.481 e. The Morgan fingerprint density at radius 1 is 1.71 bits per heavy atom. The number of rotatable bonds is 1. The smallest absolute Gasteiger partial charge is 0.312 e. The van der Waals surface area contributed by atoms with Crippen LogP contribution in [0.15, 0.2) is 6.20 Å². The summed E-state index contributed by atoms with van der Waals surface area (Å²) in [6.07, 6.45) is 3.33. The van der Waals surface area contributed by atoms with Gasteiger partial charge < -0.3 is 5.11 Å². The molecule has 1 aliphatic rings. The zero-order valence-electron chi connectivity index (χ0n) is 8.37. The molecule has 0 aliphatic heterocycles. The number of aromatic amines is 1. The lowest BCUT2D eigenvalue weighted by Gasteiger charge is -2.32. The first kappa shape index (κ1) is 9.24. The molecule has 1 atom stereocenters. The summed E-state index contributed by atoms with van der Waals surface area (Å²) in [6.45, 7) is 4.19. The van der Waals surface area contributed by atoms with E-state index in [1.165, 1.54) is 0 Å². The minimum Gasteiger partial charge on any atom is -0.481 e. The van der Waals surface area contributed by atoms with Gasteiger partial charge in [0.05, 0.1) is 17.8 Å². The van der Waals surface area contributed by atoms with Crippen molar-refractivity contribution in [2.75, 3.05) is 0 Å². The minimum atomic E-state index is -0.761. The summed E-state index contributed by atoms with van der Waals surface area (Å²) in [5.74, 6) is -1.18. The maximum Gasteiger partial charge on any atom is 0.312 e. The first-order valence-electron chi connectivity index (χ1n) is 4.74. The topological polar surface area (TPSA) is 66.0 Å². The second-order valence-corrected chi connectivity index (χ2v) is 4.74. The summed E-state index contributed by atoms with van der Waals surface area (Å²) < 4.78 is 0. The van der Waals surface area contributed by atoms with Gasteiger partial charge in [0, 0.05) is 0 Å². The van der Waals surface area contributed by atoms with Crippen LogP contribution in [0.25, 0.3) is 0 Å². The lowest BCUT2D eigenvalue weighted by molar-refractivity contribution is -0.140. The summed E-state index contributed by atoms with van der Waals surface area (Å²) in [5.41, 5.74) is 1.89. The maximum atomic E-state index is 11.1. The van der Waals surface area contributed by atoms with Crippen LogP contribution in [0.2, 0.25) is 0 Å². The van der Waals surface area contributed by atoms with E-state index in [4.69, 9.17) is 5.11 Å². The summed E-state index contributed by atoms with van der Waals surface area (Å²) >= 11 is 0. The summed E-state index contributed by atoms with van der Waals surface area (Å²) in [5, 5.41) is 15.8. The SMILES string of the molecule is CC1(C)Cc2cn[nH]c2C(C(=O)O)C1. The molecule has 0 saturated heterocycles. The lowest BCUT2D eigenvalue weighted by atomic mass is 9.72. The normalized spacial score (nSPS) is 24.3. The highest BCUT2D eigenvalue weighted by molar-refractivity contribution is 5.76. The van der Waals surface area contributed by atoms with E-state index in [1.807, 2.05) is 0 Å². The van der Waals surface area contributed by atoms with Crippen LogP contribution in [-0.4, -0.2) is 21.3 Å². The molecule has 0 aromatic carbocycles. The first-order chi connectivity index (χ1) is 6.49. The number of hydrogen-bond acceptors (Lipinski definition) is 2. The Bertz CT molecular complexity index is 368. The Morgan fingerprint density at radius 2 is 2.43 bits per heavy atom. The zero-order chi connectivity index (χ0) is 10.3. The van der Waals surface area contributed by atoms with Crippen molar-refractivity contribution in [3.8, 4) is 0 Å². The number of aliphatic carboxylic acids is 1. The molecule has 4 heteroatoms. The fourth-order valence-corrected chi connectivity index (χ4v) is 2.22. The van der Waals surface area contributed by atoms with Gasteiger partial charge in [0.1, 0.15) is 0 Å². The Balaban J connectivity index is 2.42. The summed E-state index contributed by atoms with van der Waals surface area (Å²) in [7, 11) is 0. The number of carboxylic acids is 1. The van der Waals surface area contributed by atoms with Crippen LogP contribution in [-0.2, 0) is 11.2 Å². The van der Waals surface area contributed by atoms with E-state index in [2.05, 4.69) is 24.0 Å². The van der Waals surface area contributed by atoms with Crippen molar-refractivity contribution in [2.24, 2.45) is 5.41 Å². The molecule has 2 rings (SSSR count). The molecule has 0 radical (unpaired) electrons. The molecule has 2 N–H and O–H groups in total. The Labute approximate surface area is 82.3 Å². The molecule has 76 valence electrons. The number of hydrogen-bond donors (Lipinski definition) is 2. The van der Waals surface area contributed by atoms with Crippen LogP contribution in [0.3, 0.4) is 0 Å². The molecule has 1 unspecified atom stereocenters. The highest BCUT2D eigenvalue weighted by atomic mass is 16.4. The predicted molar refractivity (Wildman–Crippen MR) is 51.1 cm³/mol. The molecular formula is C10H14N2O2. The third kappa shape index (κ3) is 1.41. The zero-order valence-corrected chi connectivity index (χ0v) is 8.37. The fourth-order valence-electron chi connectivity index (χ4n) is 2.22. The predicted octanol–water partition coefficient (Wildman–Crippen LogP) is 1.55. The molecule has 1 aromatic heterocycles. The third-order valence-electron chi connectivity index (χ3n) is 2.82. The molecule has 1 aliphatic carbocycles. The average Bonchev–Trinajstić information content (AvgIpc) is 2.47. The second-order valence-electron chi connectivity index (χ2n) is 4.74. The molecule has 14 heavy (non-hydrogen) atoms. The summed E-state index contributed by atoms with van der Waals surface area (Å²) in [6, 6.07) is 0. The number of nitrogens with zero attached hydrogens (tertiary/aromatic N) is 1. The highest BCUT2D eigenvalue weighted by Gasteiger charge is 2.37. The third-order valence-corrected chi connectivity index (χ3v) is 2.82. The molecule has 0 saturated carbocycles. The van der Waals surface area contributed by atoms with Gasteiger partial charge in [0.15, 0.2) is 0 Å². The van der Waals surface area contributed by atoms with Gasteiger partial charge in [0.25, 0.3) is 0 Å². The molecule has 0 amide bonds. The van der Waals surface area contributed by atoms with E-state index >= 15 is 0 Å². The Hall–Kier alpha value is -1.32. The van der Waals surface area contributed by atoms with E-state index in [1.54, 1.807) is 6.20 Å². The molecule has 0 bridgehead atoms.